The maximum Gasteiger partial charge on any atom is 0.255 e. The van der Waals surface area contributed by atoms with Crippen molar-refractivity contribution in [3.05, 3.63) is 83.0 Å². The van der Waals surface area contributed by atoms with Gasteiger partial charge in [-0.15, -0.1) is 0 Å². The molecule has 9 heteroatoms. The second-order valence-corrected chi connectivity index (χ2v) is 9.12. The Labute approximate surface area is 187 Å². The number of aromatic nitrogens is 1. The molecule has 1 amide bonds. The summed E-state index contributed by atoms with van der Waals surface area (Å²) in [5.41, 5.74) is 3.61. The summed E-state index contributed by atoms with van der Waals surface area (Å²) < 4.78 is 28.4. The Balaban J connectivity index is 1.42. The molecular formula is C23H24N4O4S. The van der Waals surface area contributed by atoms with Crippen molar-refractivity contribution in [2.24, 2.45) is 5.14 Å². The number of amides is 1. The number of nitrogens with two attached hydrogens (primary N) is 1. The minimum Gasteiger partial charge on any atom is -0.496 e. The van der Waals surface area contributed by atoms with Gasteiger partial charge < -0.3 is 15.0 Å². The van der Waals surface area contributed by atoms with E-state index >= 15 is 0 Å². The fourth-order valence-corrected chi connectivity index (χ4v) is 4.26. The summed E-state index contributed by atoms with van der Waals surface area (Å²) in [6.07, 6.45) is 2.71. The Morgan fingerprint density at radius 1 is 1.16 bits per heavy atom. The van der Waals surface area contributed by atoms with Crippen molar-refractivity contribution in [3.8, 4) is 5.75 Å². The number of nitrogens with one attached hydrogen (secondary N) is 1. The molecule has 0 saturated heterocycles. The zero-order valence-electron chi connectivity index (χ0n) is 17.6. The highest BCUT2D eigenvalue weighted by molar-refractivity contribution is 7.89. The lowest BCUT2D eigenvalue weighted by Crippen LogP contribution is -2.31. The van der Waals surface area contributed by atoms with E-state index in [1.165, 1.54) is 36.4 Å². The third-order valence-corrected chi connectivity index (χ3v) is 6.37. The van der Waals surface area contributed by atoms with E-state index in [1.807, 2.05) is 12.1 Å². The molecule has 8 nitrogen and oxygen atoms in total. The molecule has 0 spiro atoms. The topological polar surface area (TPSA) is 115 Å². The average molecular weight is 453 g/mol. The lowest BCUT2D eigenvalue weighted by atomic mass is 10.00. The zero-order chi connectivity index (χ0) is 22.7. The van der Waals surface area contributed by atoms with Crippen LogP contribution >= 0.6 is 0 Å². The Morgan fingerprint density at radius 3 is 2.62 bits per heavy atom. The van der Waals surface area contributed by atoms with E-state index in [0.717, 1.165) is 30.9 Å². The van der Waals surface area contributed by atoms with E-state index in [9.17, 15) is 13.2 Å². The first-order valence-corrected chi connectivity index (χ1v) is 11.7. The molecule has 4 rings (SSSR count). The monoisotopic (exact) mass is 452 g/mol. The molecule has 2 heterocycles. The van der Waals surface area contributed by atoms with E-state index in [0.29, 0.717) is 0 Å². The summed E-state index contributed by atoms with van der Waals surface area (Å²) in [5, 5.41) is 7.94. The van der Waals surface area contributed by atoms with E-state index in [1.54, 1.807) is 6.20 Å². The molecule has 166 valence electrons. The van der Waals surface area contributed by atoms with Crippen LogP contribution in [-0.2, 0) is 29.5 Å². The second-order valence-electron chi connectivity index (χ2n) is 7.55. The van der Waals surface area contributed by atoms with Gasteiger partial charge in [-0.2, -0.15) is 0 Å². The van der Waals surface area contributed by atoms with Gasteiger partial charge in [-0.1, -0.05) is 30.3 Å². The summed E-state index contributed by atoms with van der Waals surface area (Å²) in [5.74, 6) is 0.676. The second kappa shape index (κ2) is 8.97. The molecular weight excluding hydrogens is 428 g/mol. The van der Waals surface area contributed by atoms with Crippen molar-refractivity contribution in [2.45, 2.75) is 24.4 Å². The summed E-state index contributed by atoms with van der Waals surface area (Å²) in [7, 11) is -2.53. The quantitative estimate of drug-likeness (QED) is 0.593. The number of anilines is 1. The molecule has 0 saturated carbocycles. The largest absolute Gasteiger partial charge is 0.496 e. The Hall–Kier alpha value is -3.43. The molecule has 0 atom stereocenters. The number of rotatable bonds is 6. The van der Waals surface area contributed by atoms with Crippen LogP contribution in [0.2, 0.25) is 0 Å². The average Bonchev–Trinajstić information content (AvgIpc) is 2.81. The molecule has 0 unspecified atom stereocenters. The van der Waals surface area contributed by atoms with Crippen LogP contribution in [0.15, 0.2) is 65.7 Å². The maximum atomic E-state index is 12.7. The number of benzene rings is 2. The van der Waals surface area contributed by atoms with Crippen molar-refractivity contribution in [2.75, 3.05) is 18.6 Å². The van der Waals surface area contributed by atoms with Crippen molar-refractivity contribution in [1.29, 1.82) is 0 Å². The number of hydrogen-bond acceptors (Lipinski definition) is 6. The molecule has 0 radical (unpaired) electrons. The number of primary sulfonamides is 1. The van der Waals surface area contributed by atoms with Crippen molar-refractivity contribution in [3.63, 3.8) is 0 Å². The van der Waals surface area contributed by atoms with Gasteiger partial charge in [-0.3, -0.25) is 4.79 Å². The molecule has 3 aromatic rings. The van der Waals surface area contributed by atoms with Crippen LogP contribution in [-0.4, -0.2) is 33.0 Å². The Kier molecular flexibility index (Phi) is 6.11. The highest BCUT2D eigenvalue weighted by Crippen LogP contribution is 2.24. The van der Waals surface area contributed by atoms with Crippen LogP contribution in [0.4, 0.5) is 5.82 Å². The van der Waals surface area contributed by atoms with Gasteiger partial charge in [-0.25, -0.2) is 18.5 Å². The number of carbonyl (C=O) groups excluding carboxylic acids is 1. The molecule has 3 N–H and O–H groups in total. The normalized spacial score (nSPS) is 13.4. The summed E-state index contributed by atoms with van der Waals surface area (Å²) in [6, 6.07) is 16.2. The molecule has 32 heavy (non-hydrogen) atoms. The first-order chi connectivity index (χ1) is 15.3. The van der Waals surface area contributed by atoms with Crippen LogP contribution in [0.25, 0.3) is 0 Å². The van der Waals surface area contributed by atoms with E-state index in [2.05, 4.69) is 39.5 Å². The molecule has 2 aromatic carbocycles. The SMILES string of the molecule is COc1ccc(S(N)(=O)=O)cc1C(=O)NCc1ccc(N2CCc3ccccc3C2)nc1. The summed E-state index contributed by atoms with van der Waals surface area (Å²) in [4.78, 5) is 19.3. The molecule has 1 aliphatic rings. The first-order valence-electron chi connectivity index (χ1n) is 10.1. The van der Waals surface area contributed by atoms with Gasteiger partial charge in [0.1, 0.15) is 11.6 Å². The van der Waals surface area contributed by atoms with E-state index in [4.69, 9.17) is 9.88 Å². The molecule has 1 aliphatic heterocycles. The van der Waals surface area contributed by atoms with Crippen LogP contribution in [0.5, 0.6) is 5.75 Å². The fourth-order valence-electron chi connectivity index (χ4n) is 3.72. The predicted octanol–water partition coefficient (Wildman–Crippen LogP) is 2.23. The molecule has 1 aromatic heterocycles. The highest BCUT2D eigenvalue weighted by Gasteiger charge is 2.18. The van der Waals surface area contributed by atoms with Crippen molar-refractivity contribution < 1.29 is 17.9 Å². The van der Waals surface area contributed by atoms with Gasteiger partial charge in [0.2, 0.25) is 10.0 Å². The first kappa shape index (κ1) is 21.8. The minimum atomic E-state index is -3.94. The van der Waals surface area contributed by atoms with Gasteiger partial charge in [0.15, 0.2) is 0 Å². The lowest BCUT2D eigenvalue weighted by Gasteiger charge is -2.29. The number of sulfonamides is 1. The molecule has 0 aliphatic carbocycles. The van der Waals surface area contributed by atoms with Gasteiger partial charge in [0.05, 0.1) is 17.6 Å². The summed E-state index contributed by atoms with van der Waals surface area (Å²) in [6.45, 7) is 1.96. The third-order valence-electron chi connectivity index (χ3n) is 5.46. The number of pyridine rings is 1. The van der Waals surface area contributed by atoms with Crippen molar-refractivity contribution >= 4 is 21.7 Å². The number of methoxy groups -OCH3 is 1. The minimum absolute atomic E-state index is 0.0931. The molecule has 0 fully saturated rings. The van der Waals surface area contributed by atoms with E-state index in [-0.39, 0.29) is 22.8 Å². The van der Waals surface area contributed by atoms with Crippen LogP contribution < -0.4 is 20.1 Å². The maximum absolute atomic E-state index is 12.7. The van der Waals surface area contributed by atoms with Crippen molar-refractivity contribution in [1.82, 2.24) is 10.3 Å². The number of fused-ring (bicyclic) bond motifs is 1. The molecule has 0 bridgehead atoms. The predicted molar refractivity (Wildman–Crippen MR) is 121 cm³/mol. The standard InChI is InChI=1S/C23H24N4O4S/c1-31-21-8-7-19(32(24,29)30)12-20(21)23(28)26-14-16-6-9-22(25-13-16)27-11-10-17-4-2-3-5-18(17)15-27/h2-9,12-13H,10-11,14-15H2,1H3,(H,26,28)(H2,24,29,30). The smallest absolute Gasteiger partial charge is 0.255 e. The zero-order valence-corrected chi connectivity index (χ0v) is 18.4. The van der Waals surface area contributed by atoms with Crippen LogP contribution in [0.1, 0.15) is 27.0 Å². The van der Waals surface area contributed by atoms with Gasteiger partial charge in [0.25, 0.3) is 5.91 Å². The number of hydrogen-bond donors (Lipinski definition) is 2. The number of ether oxygens (including phenoxy) is 1. The van der Waals surface area contributed by atoms with Gasteiger partial charge in [-0.05, 0) is 47.4 Å². The number of nitrogens with zero attached hydrogens (tertiary/aromatic N) is 2. The fraction of sp³-hybridized carbons (Fsp3) is 0.217. The van der Waals surface area contributed by atoms with Crippen LogP contribution in [0.3, 0.4) is 0 Å². The van der Waals surface area contributed by atoms with Gasteiger partial charge >= 0.3 is 0 Å². The number of carbonyl (C=O) groups is 1. The summed E-state index contributed by atoms with van der Waals surface area (Å²) >= 11 is 0. The Bertz CT molecular complexity index is 1240. The third kappa shape index (κ3) is 4.74. The Morgan fingerprint density at radius 2 is 1.94 bits per heavy atom. The van der Waals surface area contributed by atoms with Gasteiger partial charge in [0, 0.05) is 25.8 Å². The lowest BCUT2D eigenvalue weighted by molar-refractivity contribution is 0.0947. The van der Waals surface area contributed by atoms with E-state index < -0.39 is 15.9 Å². The van der Waals surface area contributed by atoms with Crippen LogP contribution in [0, 0.1) is 0 Å². The highest BCUT2D eigenvalue weighted by atomic mass is 32.2.